The number of methoxy groups -OCH3 is 1. The van der Waals surface area contributed by atoms with Crippen LogP contribution in [0.1, 0.15) is 11.5 Å². The molecule has 1 aliphatic heterocycles. The minimum absolute atomic E-state index is 0.125. The summed E-state index contributed by atoms with van der Waals surface area (Å²) >= 11 is 0. The van der Waals surface area contributed by atoms with Crippen LogP contribution in [0.4, 0.5) is 0 Å². The molecular weight excluding hydrogens is 334 g/mol. The van der Waals surface area contributed by atoms with Crippen molar-refractivity contribution >= 4 is 11.9 Å². The van der Waals surface area contributed by atoms with E-state index in [1.807, 2.05) is 30.3 Å². The Bertz CT molecular complexity index is 760. The third kappa shape index (κ3) is 3.96. The number of benzene rings is 2. The van der Waals surface area contributed by atoms with Crippen LogP contribution in [-0.2, 0) is 9.59 Å². The van der Waals surface area contributed by atoms with E-state index < -0.39 is 11.9 Å². The predicted molar refractivity (Wildman–Crippen MR) is 95.4 cm³/mol. The van der Waals surface area contributed by atoms with Gasteiger partial charge in [-0.25, -0.2) is 0 Å². The topological polar surface area (TPSA) is 76.1 Å². The molecule has 1 aliphatic rings. The molecule has 6 nitrogen and oxygen atoms in total. The summed E-state index contributed by atoms with van der Waals surface area (Å²) in [5.41, 5.74) is 0.936. The second kappa shape index (κ2) is 7.91. The molecule has 0 saturated carbocycles. The molecule has 136 valence electrons. The number of amides is 1. The van der Waals surface area contributed by atoms with Crippen molar-refractivity contribution < 1.29 is 24.2 Å². The number of carboxylic acids is 1. The number of hydrogen-bond acceptors (Lipinski definition) is 4. The summed E-state index contributed by atoms with van der Waals surface area (Å²) in [5, 5.41) is 9.52. The summed E-state index contributed by atoms with van der Waals surface area (Å²) in [4.78, 5) is 25.7. The number of rotatable bonds is 6. The molecule has 0 bridgehead atoms. The van der Waals surface area contributed by atoms with Crippen molar-refractivity contribution in [3.05, 3.63) is 60.2 Å². The SMILES string of the molecule is COc1ccc(OCC(=O)N2C[C@H](C(=O)O)[C@H](c3ccccc3)C2)cc1. The molecule has 0 unspecified atom stereocenters. The lowest BCUT2D eigenvalue weighted by Gasteiger charge is -2.17. The Kier molecular flexibility index (Phi) is 5.41. The maximum atomic E-state index is 12.5. The van der Waals surface area contributed by atoms with Crippen molar-refractivity contribution in [3.63, 3.8) is 0 Å². The Morgan fingerprint density at radius 2 is 1.69 bits per heavy atom. The average Bonchev–Trinajstić information content (AvgIpc) is 3.13. The minimum Gasteiger partial charge on any atom is -0.497 e. The number of carbonyl (C=O) groups excluding carboxylic acids is 1. The molecular formula is C20H21NO5. The Labute approximate surface area is 152 Å². The molecule has 0 spiro atoms. The third-order valence-corrected chi connectivity index (χ3v) is 4.64. The van der Waals surface area contributed by atoms with Gasteiger partial charge in [0.1, 0.15) is 11.5 Å². The highest BCUT2D eigenvalue weighted by Gasteiger charge is 2.40. The van der Waals surface area contributed by atoms with Crippen molar-refractivity contribution in [1.29, 1.82) is 0 Å². The second-order valence-corrected chi connectivity index (χ2v) is 6.22. The van der Waals surface area contributed by atoms with Crippen molar-refractivity contribution in [3.8, 4) is 11.5 Å². The van der Waals surface area contributed by atoms with Gasteiger partial charge in [-0.2, -0.15) is 0 Å². The van der Waals surface area contributed by atoms with Gasteiger partial charge in [-0.15, -0.1) is 0 Å². The molecule has 2 aromatic rings. The molecule has 0 aliphatic carbocycles. The van der Waals surface area contributed by atoms with Crippen LogP contribution >= 0.6 is 0 Å². The molecule has 1 fully saturated rings. The summed E-state index contributed by atoms with van der Waals surface area (Å²) < 4.78 is 10.6. The van der Waals surface area contributed by atoms with Gasteiger partial charge in [-0.1, -0.05) is 30.3 Å². The van der Waals surface area contributed by atoms with Crippen molar-refractivity contribution in [2.24, 2.45) is 5.92 Å². The number of aliphatic carboxylic acids is 1. The van der Waals surface area contributed by atoms with Crippen molar-refractivity contribution in [2.45, 2.75) is 5.92 Å². The number of carboxylic acid groups (broad SMARTS) is 1. The number of ether oxygens (including phenoxy) is 2. The Hall–Kier alpha value is -3.02. The largest absolute Gasteiger partial charge is 0.497 e. The molecule has 2 atom stereocenters. The molecule has 6 heteroatoms. The van der Waals surface area contributed by atoms with Gasteiger partial charge < -0.3 is 19.5 Å². The fourth-order valence-electron chi connectivity index (χ4n) is 3.20. The van der Waals surface area contributed by atoms with E-state index in [2.05, 4.69) is 0 Å². The zero-order valence-corrected chi connectivity index (χ0v) is 14.5. The smallest absolute Gasteiger partial charge is 0.308 e. The Balaban J connectivity index is 1.63. The highest BCUT2D eigenvalue weighted by Crippen LogP contribution is 2.33. The second-order valence-electron chi connectivity index (χ2n) is 6.22. The van der Waals surface area contributed by atoms with Crippen LogP contribution in [0.25, 0.3) is 0 Å². The first-order valence-electron chi connectivity index (χ1n) is 8.41. The highest BCUT2D eigenvalue weighted by molar-refractivity contribution is 5.80. The molecule has 1 heterocycles. The maximum Gasteiger partial charge on any atom is 0.308 e. The van der Waals surface area contributed by atoms with E-state index in [1.54, 1.807) is 36.3 Å². The van der Waals surface area contributed by atoms with Crippen LogP contribution in [0, 0.1) is 5.92 Å². The molecule has 0 aromatic heterocycles. The van der Waals surface area contributed by atoms with Gasteiger partial charge in [-0.05, 0) is 29.8 Å². The summed E-state index contributed by atoms with van der Waals surface area (Å²) in [7, 11) is 1.58. The third-order valence-electron chi connectivity index (χ3n) is 4.64. The van der Waals surface area contributed by atoms with E-state index in [1.165, 1.54) is 0 Å². The normalized spacial score (nSPS) is 19.2. The predicted octanol–water partition coefficient (Wildman–Crippen LogP) is 2.40. The molecule has 2 aromatic carbocycles. The van der Waals surface area contributed by atoms with Crippen LogP contribution in [0.3, 0.4) is 0 Å². The standard InChI is InChI=1S/C20H21NO5/c1-25-15-7-9-16(10-8-15)26-13-19(22)21-11-17(18(12-21)20(23)24)14-5-3-2-4-6-14/h2-10,17-18H,11-13H2,1H3,(H,23,24)/t17-,18-/m0/s1. The zero-order chi connectivity index (χ0) is 18.5. The van der Waals surface area contributed by atoms with Gasteiger partial charge >= 0.3 is 5.97 Å². The summed E-state index contributed by atoms with van der Waals surface area (Å²) in [5.74, 6) is -0.650. The van der Waals surface area contributed by atoms with E-state index in [0.29, 0.717) is 18.0 Å². The summed E-state index contributed by atoms with van der Waals surface area (Å²) in [6.07, 6.45) is 0. The van der Waals surface area contributed by atoms with Crippen LogP contribution in [-0.4, -0.2) is 48.7 Å². The molecule has 0 radical (unpaired) electrons. The lowest BCUT2D eigenvalue weighted by molar-refractivity contribution is -0.142. The number of nitrogens with zero attached hydrogens (tertiary/aromatic N) is 1. The molecule has 1 N–H and O–H groups in total. The van der Waals surface area contributed by atoms with Crippen LogP contribution in [0.15, 0.2) is 54.6 Å². The number of carbonyl (C=O) groups is 2. The van der Waals surface area contributed by atoms with Gasteiger partial charge in [0.15, 0.2) is 6.61 Å². The van der Waals surface area contributed by atoms with Crippen molar-refractivity contribution in [1.82, 2.24) is 4.90 Å². The molecule has 3 rings (SSSR count). The minimum atomic E-state index is -0.884. The fraction of sp³-hybridized carbons (Fsp3) is 0.300. The van der Waals surface area contributed by atoms with E-state index in [9.17, 15) is 14.7 Å². The van der Waals surface area contributed by atoms with Crippen molar-refractivity contribution in [2.75, 3.05) is 26.8 Å². The summed E-state index contributed by atoms with van der Waals surface area (Å²) in [6, 6.07) is 16.4. The monoisotopic (exact) mass is 355 g/mol. The van der Waals surface area contributed by atoms with E-state index >= 15 is 0 Å². The molecule has 26 heavy (non-hydrogen) atoms. The quantitative estimate of drug-likeness (QED) is 0.861. The van der Waals surface area contributed by atoms with Gasteiger partial charge in [0.2, 0.25) is 0 Å². The van der Waals surface area contributed by atoms with E-state index in [0.717, 1.165) is 5.56 Å². The highest BCUT2D eigenvalue weighted by atomic mass is 16.5. The summed E-state index contributed by atoms with van der Waals surface area (Å²) in [6.45, 7) is 0.450. The first kappa shape index (κ1) is 17.8. The Morgan fingerprint density at radius 3 is 2.31 bits per heavy atom. The van der Waals surface area contributed by atoms with Gasteiger partial charge in [-0.3, -0.25) is 9.59 Å². The first-order chi connectivity index (χ1) is 12.6. The number of likely N-dealkylation sites (tertiary alicyclic amines) is 1. The van der Waals surface area contributed by atoms with E-state index in [4.69, 9.17) is 9.47 Å². The van der Waals surface area contributed by atoms with Crippen LogP contribution in [0.5, 0.6) is 11.5 Å². The van der Waals surface area contributed by atoms with Gasteiger partial charge in [0.25, 0.3) is 5.91 Å². The maximum absolute atomic E-state index is 12.5. The average molecular weight is 355 g/mol. The van der Waals surface area contributed by atoms with Crippen LogP contribution in [0.2, 0.25) is 0 Å². The lowest BCUT2D eigenvalue weighted by Crippen LogP contribution is -2.33. The van der Waals surface area contributed by atoms with Crippen LogP contribution < -0.4 is 9.47 Å². The van der Waals surface area contributed by atoms with Gasteiger partial charge in [0.05, 0.1) is 13.0 Å². The molecule has 1 saturated heterocycles. The zero-order valence-electron chi connectivity index (χ0n) is 14.5. The lowest BCUT2D eigenvalue weighted by atomic mass is 9.89. The Morgan fingerprint density at radius 1 is 1.04 bits per heavy atom. The first-order valence-corrected chi connectivity index (χ1v) is 8.41. The fourth-order valence-corrected chi connectivity index (χ4v) is 3.20. The number of hydrogen-bond donors (Lipinski definition) is 1. The van der Waals surface area contributed by atoms with Gasteiger partial charge in [0, 0.05) is 19.0 Å². The van der Waals surface area contributed by atoms with E-state index in [-0.39, 0.29) is 25.0 Å². The molecule has 1 amide bonds.